The van der Waals surface area contributed by atoms with Gasteiger partial charge in [-0.2, -0.15) is 0 Å². The number of nitrogens with zero attached hydrogens (tertiary/aromatic N) is 1. The predicted octanol–water partition coefficient (Wildman–Crippen LogP) is 3.42. The predicted molar refractivity (Wildman–Crippen MR) is 84.1 cm³/mol. The molecule has 1 fully saturated rings. The monoisotopic (exact) mass is 293 g/mol. The molecule has 1 aliphatic rings. The van der Waals surface area contributed by atoms with Crippen molar-refractivity contribution in [3.05, 3.63) is 17.7 Å². The molecule has 1 N–H and O–H groups in total. The van der Waals surface area contributed by atoms with E-state index in [1.807, 2.05) is 12.1 Å². The second kappa shape index (κ2) is 7.55. The topological polar surface area (TPSA) is 41.9 Å². The second-order valence-corrected chi connectivity index (χ2v) is 5.83. The minimum atomic E-state index is 0.0747. The lowest BCUT2D eigenvalue weighted by Gasteiger charge is -2.21. The Bertz CT molecular complexity index is 436. The fourth-order valence-electron chi connectivity index (χ4n) is 3.09. The van der Waals surface area contributed by atoms with Gasteiger partial charge in [-0.3, -0.25) is 4.90 Å². The molecule has 4 heteroatoms. The van der Waals surface area contributed by atoms with Crippen LogP contribution in [0.1, 0.15) is 38.2 Å². The van der Waals surface area contributed by atoms with Gasteiger partial charge in [0.25, 0.3) is 0 Å². The van der Waals surface area contributed by atoms with Crippen molar-refractivity contribution in [2.75, 3.05) is 27.3 Å². The van der Waals surface area contributed by atoms with Gasteiger partial charge in [-0.15, -0.1) is 0 Å². The van der Waals surface area contributed by atoms with E-state index in [1.165, 1.54) is 25.7 Å². The minimum Gasteiger partial charge on any atom is -0.502 e. The van der Waals surface area contributed by atoms with Crippen LogP contribution < -0.4 is 9.47 Å². The van der Waals surface area contributed by atoms with Gasteiger partial charge in [0, 0.05) is 6.54 Å². The van der Waals surface area contributed by atoms with E-state index in [-0.39, 0.29) is 5.75 Å². The molecule has 0 radical (unpaired) electrons. The van der Waals surface area contributed by atoms with Crippen LogP contribution in [0.2, 0.25) is 0 Å². The first kappa shape index (κ1) is 16.0. The van der Waals surface area contributed by atoms with Gasteiger partial charge in [0.2, 0.25) is 5.75 Å². The third kappa shape index (κ3) is 4.03. The highest BCUT2D eigenvalue weighted by atomic mass is 16.5. The van der Waals surface area contributed by atoms with Crippen molar-refractivity contribution in [3.8, 4) is 17.2 Å². The maximum atomic E-state index is 9.97. The van der Waals surface area contributed by atoms with Crippen LogP contribution in [0.5, 0.6) is 17.2 Å². The summed E-state index contributed by atoms with van der Waals surface area (Å²) >= 11 is 0. The molecule has 4 nitrogen and oxygen atoms in total. The third-order valence-corrected chi connectivity index (χ3v) is 4.46. The molecular formula is C17H27NO3. The van der Waals surface area contributed by atoms with Crippen LogP contribution in [0, 0.1) is 5.92 Å². The highest BCUT2D eigenvalue weighted by Crippen LogP contribution is 2.37. The van der Waals surface area contributed by atoms with Crippen LogP contribution >= 0.6 is 0 Å². The summed E-state index contributed by atoms with van der Waals surface area (Å²) in [5, 5.41) is 9.97. The molecule has 0 bridgehead atoms. The molecular weight excluding hydrogens is 266 g/mol. The van der Waals surface area contributed by atoms with Crippen molar-refractivity contribution in [1.29, 1.82) is 0 Å². The molecule has 1 unspecified atom stereocenters. The molecule has 1 saturated heterocycles. The van der Waals surface area contributed by atoms with E-state index in [0.29, 0.717) is 11.5 Å². The Morgan fingerprint density at radius 1 is 1.14 bits per heavy atom. The van der Waals surface area contributed by atoms with Gasteiger partial charge in [-0.25, -0.2) is 0 Å². The van der Waals surface area contributed by atoms with Crippen LogP contribution in [0.15, 0.2) is 12.1 Å². The zero-order chi connectivity index (χ0) is 15.2. The van der Waals surface area contributed by atoms with E-state index in [9.17, 15) is 5.11 Å². The molecule has 1 aromatic carbocycles. The van der Waals surface area contributed by atoms with E-state index in [4.69, 9.17) is 9.47 Å². The molecule has 118 valence electrons. The number of aromatic hydroxyl groups is 1. The standard InChI is InChI=1S/C17H27NO3/c1-4-13-6-5-8-18(9-7-13)12-14-10-15(20-2)17(19)16(11-14)21-3/h10-11,13,19H,4-9,12H2,1-3H3. The Labute approximate surface area is 127 Å². The molecule has 21 heavy (non-hydrogen) atoms. The maximum absolute atomic E-state index is 9.97. The molecule has 0 aliphatic carbocycles. The number of hydrogen-bond acceptors (Lipinski definition) is 4. The quantitative estimate of drug-likeness (QED) is 0.903. The van der Waals surface area contributed by atoms with Crippen LogP contribution in [0.3, 0.4) is 0 Å². The number of hydrogen-bond donors (Lipinski definition) is 1. The van der Waals surface area contributed by atoms with E-state index in [1.54, 1.807) is 14.2 Å². The van der Waals surface area contributed by atoms with E-state index in [0.717, 1.165) is 31.1 Å². The highest BCUT2D eigenvalue weighted by Gasteiger charge is 2.17. The SMILES string of the molecule is CCC1CCCN(Cc2cc(OC)c(O)c(OC)c2)CC1. The lowest BCUT2D eigenvalue weighted by atomic mass is 9.98. The first-order chi connectivity index (χ1) is 10.2. The number of ether oxygens (including phenoxy) is 2. The van der Waals surface area contributed by atoms with Crippen LogP contribution in [-0.4, -0.2) is 37.3 Å². The van der Waals surface area contributed by atoms with Crippen LogP contribution in [0.25, 0.3) is 0 Å². The van der Waals surface area contributed by atoms with Crippen molar-refractivity contribution in [3.63, 3.8) is 0 Å². The lowest BCUT2D eigenvalue weighted by Crippen LogP contribution is -2.24. The summed E-state index contributed by atoms with van der Waals surface area (Å²) in [6.45, 7) is 5.45. The zero-order valence-electron chi connectivity index (χ0n) is 13.4. The summed E-state index contributed by atoms with van der Waals surface area (Å²) in [5.74, 6) is 1.90. The average molecular weight is 293 g/mol. The molecule has 0 amide bonds. The smallest absolute Gasteiger partial charge is 0.200 e. The molecule has 1 atom stereocenters. The lowest BCUT2D eigenvalue weighted by molar-refractivity contribution is 0.270. The summed E-state index contributed by atoms with van der Waals surface area (Å²) in [6.07, 6.45) is 5.18. The summed E-state index contributed by atoms with van der Waals surface area (Å²) in [5.41, 5.74) is 1.12. The molecule has 2 rings (SSSR count). The van der Waals surface area contributed by atoms with E-state index in [2.05, 4.69) is 11.8 Å². The molecule has 0 spiro atoms. The van der Waals surface area contributed by atoms with E-state index >= 15 is 0 Å². The highest BCUT2D eigenvalue weighted by molar-refractivity contribution is 5.52. The maximum Gasteiger partial charge on any atom is 0.200 e. The first-order valence-electron chi connectivity index (χ1n) is 7.84. The number of methoxy groups -OCH3 is 2. The zero-order valence-corrected chi connectivity index (χ0v) is 13.4. The van der Waals surface area contributed by atoms with Crippen LogP contribution in [0.4, 0.5) is 0 Å². The second-order valence-electron chi connectivity index (χ2n) is 5.83. The minimum absolute atomic E-state index is 0.0747. The third-order valence-electron chi connectivity index (χ3n) is 4.46. The molecule has 1 aromatic rings. The van der Waals surface area contributed by atoms with Crippen LogP contribution in [-0.2, 0) is 6.54 Å². The number of phenolic OH excluding ortho intramolecular Hbond substituents is 1. The van der Waals surface area contributed by atoms with Gasteiger partial charge < -0.3 is 14.6 Å². The number of phenols is 1. The number of likely N-dealkylation sites (tertiary alicyclic amines) is 1. The van der Waals surface area contributed by atoms with Gasteiger partial charge in [0.05, 0.1) is 14.2 Å². The van der Waals surface area contributed by atoms with Gasteiger partial charge in [0.1, 0.15) is 0 Å². The summed E-state index contributed by atoms with van der Waals surface area (Å²) < 4.78 is 10.5. The summed E-state index contributed by atoms with van der Waals surface area (Å²) in [7, 11) is 3.13. The summed E-state index contributed by atoms with van der Waals surface area (Å²) in [4.78, 5) is 2.49. The van der Waals surface area contributed by atoms with Crippen molar-refractivity contribution in [1.82, 2.24) is 4.90 Å². The Morgan fingerprint density at radius 3 is 2.38 bits per heavy atom. The molecule has 1 heterocycles. The molecule has 0 aromatic heterocycles. The van der Waals surface area contributed by atoms with Crippen molar-refractivity contribution < 1.29 is 14.6 Å². The van der Waals surface area contributed by atoms with Gasteiger partial charge in [-0.1, -0.05) is 13.3 Å². The largest absolute Gasteiger partial charge is 0.502 e. The average Bonchev–Trinajstić information content (AvgIpc) is 2.73. The van der Waals surface area contributed by atoms with Crippen molar-refractivity contribution >= 4 is 0 Å². The van der Waals surface area contributed by atoms with Gasteiger partial charge in [0.15, 0.2) is 11.5 Å². The Balaban J connectivity index is 2.08. The van der Waals surface area contributed by atoms with Crippen molar-refractivity contribution in [2.24, 2.45) is 5.92 Å². The summed E-state index contributed by atoms with van der Waals surface area (Å²) in [6, 6.07) is 3.81. The van der Waals surface area contributed by atoms with Gasteiger partial charge in [-0.05, 0) is 56.0 Å². The molecule has 0 saturated carbocycles. The Hall–Kier alpha value is -1.42. The fraction of sp³-hybridized carbons (Fsp3) is 0.647. The van der Waals surface area contributed by atoms with Crippen molar-refractivity contribution in [2.45, 2.75) is 39.2 Å². The number of rotatable bonds is 5. The fourth-order valence-corrected chi connectivity index (χ4v) is 3.09. The van der Waals surface area contributed by atoms with E-state index < -0.39 is 0 Å². The number of benzene rings is 1. The van der Waals surface area contributed by atoms with Gasteiger partial charge >= 0.3 is 0 Å². The molecule has 1 aliphatic heterocycles. The Kier molecular flexibility index (Phi) is 5.74. The Morgan fingerprint density at radius 2 is 1.81 bits per heavy atom. The normalized spacial score (nSPS) is 20.0. The first-order valence-corrected chi connectivity index (χ1v) is 7.84.